The number of rotatable bonds is 11. The monoisotopic (exact) mass is 599 g/mol. The smallest absolute Gasteiger partial charge is 0.310 e. The number of piperidine rings is 1. The first-order valence-electron chi connectivity index (χ1n) is 13.5. The lowest BCUT2D eigenvalue weighted by Gasteiger charge is -2.34. The van der Waals surface area contributed by atoms with Gasteiger partial charge >= 0.3 is 5.97 Å². The van der Waals surface area contributed by atoms with Gasteiger partial charge in [-0.15, -0.1) is 0 Å². The summed E-state index contributed by atoms with van der Waals surface area (Å²) < 4.78 is 41.1. The number of sulfonamides is 1. The quantitative estimate of drug-likeness (QED) is 0.292. The number of amides is 1. The molecule has 41 heavy (non-hydrogen) atoms. The Hall–Kier alpha value is -3.60. The van der Waals surface area contributed by atoms with Crippen LogP contribution in [0.5, 0.6) is 5.75 Å². The van der Waals surface area contributed by atoms with Crippen LogP contribution >= 0.6 is 11.6 Å². The Morgan fingerprint density at radius 3 is 2.51 bits per heavy atom. The van der Waals surface area contributed by atoms with Crippen LogP contribution in [0.3, 0.4) is 0 Å². The molecular weight excluding hydrogens is 566 g/mol. The van der Waals surface area contributed by atoms with E-state index in [-0.39, 0.29) is 30.0 Å². The molecule has 2 N–H and O–H groups in total. The van der Waals surface area contributed by atoms with E-state index in [0.717, 1.165) is 5.56 Å². The zero-order valence-electron chi connectivity index (χ0n) is 23.0. The van der Waals surface area contributed by atoms with Crippen molar-refractivity contribution in [2.75, 3.05) is 36.5 Å². The molecule has 1 fully saturated rings. The predicted molar refractivity (Wildman–Crippen MR) is 159 cm³/mol. The summed E-state index contributed by atoms with van der Waals surface area (Å²) in [5.41, 5.74) is 1.55. The predicted octanol–water partition coefficient (Wildman–Crippen LogP) is 5.18. The van der Waals surface area contributed by atoms with Gasteiger partial charge in [-0.3, -0.25) is 9.59 Å². The third-order valence-corrected chi connectivity index (χ3v) is 8.55. The zero-order valence-corrected chi connectivity index (χ0v) is 24.6. The number of nitrogens with one attached hydrogen (secondary N) is 2. The van der Waals surface area contributed by atoms with Crippen molar-refractivity contribution >= 4 is 44.9 Å². The van der Waals surface area contributed by atoms with Crippen LogP contribution in [0.1, 0.15) is 38.3 Å². The normalized spacial score (nSPS) is 16.1. The second-order valence-corrected chi connectivity index (χ2v) is 11.9. The number of hydrogen-bond donors (Lipinski definition) is 2. The first-order chi connectivity index (χ1) is 19.7. The molecule has 3 aromatic carbocycles. The van der Waals surface area contributed by atoms with Gasteiger partial charge in [0.1, 0.15) is 10.6 Å². The lowest BCUT2D eigenvalue weighted by molar-refractivity contribution is -0.148. The van der Waals surface area contributed by atoms with E-state index >= 15 is 0 Å². The number of ether oxygens (including phenoxy) is 2. The minimum atomic E-state index is -4.06. The highest BCUT2D eigenvalue weighted by Crippen LogP contribution is 2.33. The summed E-state index contributed by atoms with van der Waals surface area (Å²) in [5.74, 6) is -0.632. The molecule has 0 aliphatic carbocycles. The Kier molecular flexibility index (Phi) is 10.3. The Bertz CT molecular complexity index is 1450. The van der Waals surface area contributed by atoms with Crippen molar-refractivity contribution in [1.82, 2.24) is 4.72 Å². The van der Waals surface area contributed by atoms with Crippen molar-refractivity contribution in [3.63, 3.8) is 0 Å². The molecule has 1 aliphatic heterocycles. The van der Waals surface area contributed by atoms with Gasteiger partial charge in [-0.2, -0.15) is 0 Å². The van der Waals surface area contributed by atoms with Crippen LogP contribution in [0.4, 0.5) is 11.4 Å². The van der Waals surface area contributed by atoms with E-state index < -0.39 is 22.0 Å². The average molecular weight is 600 g/mol. The maximum absolute atomic E-state index is 13.8. The average Bonchev–Trinajstić information content (AvgIpc) is 2.97. The van der Waals surface area contributed by atoms with Gasteiger partial charge in [-0.25, -0.2) is 13.1 Å². The number of carbonyl (C=O) groups is 2. The van der Waals surface area contributed by atoms with Crippen molar-refractivity contribution in [2.24, 2.45) is 5.92 Å². The lowest BCUT2D eigenvalue weighted by Crippen LogP contribution is -2.40. The van der Waals surface area contributed by atoms with Crippen molar-refractivity contribution < 1.29 is 27.5 Å². The molecular formula is C30H34ClN3O6S. The highest BCUT2D eigenvalue weighted by molar-refractivity contribution is 7.89. The maximum atomic E-state index is 13.8. The second kappa shape index (κ2) is 13.8. The molecule has 0 unspecified atom stereocenters. The molecule has 218 valence electrons. The minimum Gasteiger partial charge on any atom is -0.484 e. The number of hydrogen-bond acceptors (Lipinski definition) is 7. The summed E-state index contributed by atoms with van der Waals surface area (Å²) in [6.45, 7) is 4.44. The van der Waals surface area contributed by atoms with Crippen LogP contribution in [0, 0.1) is 5.92 Å². The van der Waals surface area contributed by atoms with Crippen molar-refractivity contribution in [3.05, 3.63) is 83.4 Å². The number of carbonyl (C=O) groups excluding carboxylic acids is 2. The molecule has 9 nitrogen and oxygen atoms in total. The largest absolute Gasteiger partial charge is 0.484 e. The van der Waals surface area contributed by atoms with Crippen molar-refractivity contribution in [1.29, 1.82) is 0 Å². The number of nitrogens with zero attached hydrogens (tertiary/aromatic N) is 1. The molecule has 3 aromatic rings. The topological polar surface area (TPSA) is 114 Å². The Morgan fingerprint density at radius 1 is 1.07 bits per heavy atom. The summed E-state index contributed by atoms with van der Waals surface area (Å²) in [5, 5.41) is 3.27. The maximum Gasteiger partial charge on any atom is 0.310 e. The van der Waals surface area contributed by atoms with E-state index in [4.69, 9.17) is 21.1 Å². The molecule has 4 rings (SSSR count). The Balaban J connectivity index is 1.59. The van der Waals surface area contributed by atoms with E-state index in [1.54, 1.807) is 50.2 Å². The molecule has 0 spiro atoms. The molecule has 2 atom stereocenters. The van der Waals surface area contributed by atoms with Crippen molar-refractivity contribution in [2.45, 2.75) is 37.6 Å². The van der Waals surface area contributed by atoms with Gasteiger partial charge in [0.15, 0.2) is 6.61 Å². The van der Waals surface area contributed by atoms with E-state index in [1.165, 1.54) is 6.07 Å². The van der Waals surface area contributed by atoms with Crippen LogP contribution in [-0.2, 0) is 24.3 Å². The van der Waals surface area contributed by atoms with E-state index in [0.29, 0.717) is 48.1 Å². The van der Waals surface area contributed by atoms with Gasteiger partial charge in [0, 0.05) is 29.8 Å². The van der Waals surface area contributed by atoms with Gasteiger partial charge in [0.2, 0.25) is 10.0 Å². The van der Waals surface area contributed by atoms with Crippen LogP contribution in [0.15, 0.2) is 77.7 Å². The molecule has 1 amide bonds. The lowest BCUT2D eigenvalue weighted by atomic mass is 9.97. The fourth-order valence-corrected chi connectivity index (χ4v) is 6.31. The Labute approximate surface area is 245 Å². The highest BCUT2D eigenvalue weighted by atomic mass is 35.5. The number of anilines is 2. The zero-order chi connectivity index (χ0) is 29.4. The standard InChI is InChI=1S/C30H34ClN3O6S/c1-3-39-30(36)23-10-7-17-34(19-23)27-16-13-25(32-29(35)20-40-26-14-11-24(31)12-15-26)18-28(27)41(37,38)33-21(2)22-8-5-4-6-9-22/h4-6,8-9,11-16,18,21,23,33H,3,7,10,17,19-20H2,1-2H3,(H,32,35)/t21-,23+/m0/s1. The van der Waals surface area contributed by atoms with Crippen LogP contribution < -0.4 is 19.7 Å². The third kappa shape index (κ3) is 8.22. The summed E-state index contributed by atoms with van der Waals surface area (Å²) in [7, 11) is -4.06. The van der Waals surface area contributed by atoms with Gasteiger partial charge in [-0.05, 0) is 74.7 Å². The minimum absolute atomic E-state index is 0.00112. The molecule has 0 bridgehead atoms. The summed E-state index contributed by atoms with van der Waals surface area (Å²) >= 11 is 5.89. The fourth-order valence-electron chi connectivity index (χ4n) is 4.70. The van der Waals surface area contributed by atoms with Gasteiger partial charge < -0.3 is 19.7 Å². The molecule has 11 heteroatoms. The fraction of sp³-hybridized carbons (Fsp3) is 0.333. The molecule has 1 heterocycles. The molecule has 1 aliphatic rings. The van der Waals surface area contributed by atoms with Crippen LogP contribution in [-0.4, -0.2) is 46.6 Å². The van der Waals surface area contributed by atoms with Crippen LogP contribution in [0.25, 0.3) is 0 Å². The highest BCUT2D eigenvalue weighted by Gasteiger charge is 2.31. The van der Waals surface area contributed by atoms with Gasteiger partial charge in [0.25, 0.3) is 5.91 Å². The summed E-state index contributed by atoms with van der Waals surface area (Å²) in [6, 6.07) is 20.1. The van der Waals surface area contributed by atoms with E-state index in [1.807, 2.05) is 35.2 Å². The SMILES string of the molecule is CCOC(=O)[C@@H]1CCCN(c2ccc(NC(=O)COc3ccc(Cl)cc3)cc2S(=O)(=O)N[C@@H](C)c2ccccc2)C1. The molecule has 0 aromatic heterocycles. The van der Waals surface area contributed by atoms with Gasteiger partial charge in [-0.1, -0.05) is 41.9 Å². The number of halogens is 1. The molecule has 1 saturated heterocycles. The summed E-state index contributed by atoms with van der Waals surface area (Å²) in [4.78, 5) is 27.0. The first kappa shape index (κ1) is 30.4. The van der Waals surface area contributed by atoms with Gasteiger partial charge in [0.05, 0.1) is 18.2 Å². The second-order valence-electron chi connectivity index (χ2n) is 9.76. The number of esters is 1. The first-order valence-corrected chi connectivity index (χ1v) is 15.3. The Morgan fingerprint density at radius 2 is 1.80 bits per heavy atom. The molecule has 0 saturated carbocycles. The third-order valence-electron chi connectivity index (χ3n) is 6.73. The van der Waals surface area contributed by atoms with E-state index in [2.05, 4.69) is 10.0 Å². The number of benzene rings is 3. The van der Waals surface area contributed by atoms with Crippen molar-refractivity contribution in [3.8, 4) is 5.75 Å². The molecule has 0 radical (unpaired) electrons. The summed E-state index contributed by atoms with van der Waals surface area (Å²) in [6.07, 6.45) is 1.37. The van der Waals surface area contributed by atoms with Crippen LogP contribution in [0.2, 0.25) is 5.02 Å². The van der Waals surface area contributed by atoms with E-state index in [9.17, 15) is 18.0 Å².